The highest BCUT2D eigenvalue weighted by atomic mass is 79.9. The van der Waals surface area contributed by atoms with Crippen LogP contribution in [0, 0.1) is 18.3 Å². The number of methoxy groups -OCH3 is 1. The van der Waals surface area contributed by atoms with Crippen molar-refractivity contribution in [2.24, 2.45) is 5.73 Å². The van der Waals surface area contributed by atoms with Crippen molar-refractivity contribution in [2.45, 2.75) is 12.8 Å². The van der Waals surface area contributed by atoms with Crippen LogP contribution in [-0.2, 0) is 0 Å². The summed E-state index contributed by atoms with van der Waals surface area (Å²) in [6, 6.07) is 7.78. The number of halogens is 1. The molecule has 0 radical (unpaired) electrons. The van der Waals surface area contributed by atoms with Gasteiger partial charge in [-0.15, -0.1) is 5.10 Å². The Balaban J connectivity index is 2.30. The van der Waals surface area contributed by atoms with Crippen LogP contribution in [-0.4, -0.2) is 17.3 Å². The van der Waals surface area contributed by atoms with Crippen LogP contribution >= 0.6 is 15.9 Å². The first-order valence-electron chi connectivity index (χ1n) is 6.52. The van der Waals surface area contributed by atoms with Gasteiger partial charge in [0.15, 0.2) is 0 Å². The van der Waals surface area contributed by atoms with Gasteiger partial charge in [-0.3, -0.25) is 5.10 Å². The number of fused-ring (bicyclic) bond motifs is 1. The van der Waals surface area contributed by atoms with Crippen molar-refractivity contribution >= 4 is 15.9 Å². The van der Waals surface area contributed by atoms with Gasteiger partial charge in [0.05, 0.1) is 13.0 Å². The number of nitriles is 1. The van der Waals surface area contributed by atoms with Crippen molar-refractivity contribution < 1.29 is 9.47 Å². The third-order valence-electron chi connectivity index (χ3n) is 3.63. The molecule has 3 rings (SSSR count). The molecule has 22 heavy (non-hydrogen) atoms. The second kappa shape index (κ2) is 5.39. The lowest BCUT2D eigenvalue weighted by Crippen LogP contribution is -2.21. The van der Waals surface area contributed by atoms with Crippen LogP contribution in [0.4, 0.5) is 0 Å². The summed E-state index contributed by atoms with van der Waals surface area (Å²) in [5.41, 5.74) is 8.68. The zero-order chi connectivity index (χ0) is 15.9. The number of H-pyrrole nitrogens is 1. The first kappa shape index (κ1) is 14.5. The third kappa shape index (κ3) is 2.12. The molecule has 1 aromatic heterocycles. The Bertz CT molecular complexity index is 819. The number of rotatable bonds is 2. The number of nitrogens with one attached hydrogen (secondary N) is 1. The lowest BCUT2D eigenvalue weighted by Gasteiger charge is -2.25. The van der Waals surface area contributed by atoms with Crippen LogP contribution in [0.15, 0.2) is 34.1 Å². The summed E-state index contributed by atoms with van der Waals surface area (Å²) in [5, 5.41) is 16.5. The van der Waals surface area contributed by atoms with Crippen LogP contribution in [0.3, 0.4) is 0 Å². The molecule has 0 spiro atoms. The zero-order valence-corrected chi connectivity index (χ0v) is 13.6. The minimum Gasteiger partial charge on any atom is -0.496 e. The molecule has 0 aliphatic carbocycles. The van der Waals surface area contributed by atoms with Gasteiger partial charge in [-0.1, -0.05) is 15.9 Å². The van der Waals surface area contributed by atoms with E-state index in [1.54, 1.807) is 7.11 Å². The number of allylic oxidation sites excluding steroid dienone is 1. The Morgan fingerprint density at radius 2 is 2.27 bits per heavy atom. The van der Waals surface area contributed by atoms with E-state index in [2.05, 4.69) is 32.2 Å². The van der Waals surface area contributed by atoms with Crippen LogP contribution in [0.25, 0.3) is 0 Å². The summed E-state index contributed by atoms with van der Waals surface area (Å²) >= 11 is 3.46. The highest BCUT2D eigenvalue weighted by molar-refractivity contribution is 9.10. The van der Waals surface area contributed by atoms with Gasteiger partial charge in [-0.05, 0) is 25.1 Å². The normalized spacial score (nSPS) is 16.7. The summed E-state index contributed by atoms with van der Waals surface area (Å²) in [6.07, 6.45) is 0. The van der Waals surface area contributed by atoms with Gasteiger partial charge in [-0.2, -0.15) is 5.26 Å². The maximum atomic E-state index is 9.53. The van der Waals surface area contributed by atoms with Crippen molar-refractivity contribution in [1.82, 2.24) is 10.2 Å². The number of aryl methyl sites for hydroxylation is 1. The molecule has 0 fully saturated rings. The van der Waals surface area contributed by atoms with E-state index in [0.29, 0.717) is 17.2 Å². The molecule has 7 heteroatoms. The number of aromatic amines is 1. The lowest BCUT2D eigenvalue weighted by molar-refractivity contribution is 0.375. The van der Waals surface area contributed by atoms with E-state index in [-0.39, 0.29) is 11.8 Å². The summed E-state index contributed by atoms with van der Waals surface area (Å²) in [4.78, 5) is 0. The predicted octanol–water partition coefficient (Wildman–Crippen LogP) is 2.71. The molecule has 0 amide bonds. The lowest BCUT2D eigenvalue weighted by atomic mass is 9.83. The fourth-order valence-corrected chi connectivity index (χ4v) is 3.02. The number of nitrogens with zero attached hydrogens (tertiary/aromatic N) is 2. The second-order valence-electron chi connectivity index (χ2n) is 4.88. The van der Waals surface area contributed by atoms with Gasteiger partial charge in [0, 0.05) is 21.3 Å². The molecule has 112 valence electrons. The average molecular weight is 361 g/mol. The molecule has 2 heterocycles. The quantitative estimate of drug-likeness (QED) is 0.857. The van der Waals surface area contributed by atoms with Crippen molar-refractivity contribution in [2.75, 3.05) is 7.11 Å². The van der Waals surface area contributed by atoms with Gasteiger partial charge < -0.3 is 15.2 Å². The summed E-state index contributed by atoms with van der Waals surface area (Å²) in [5.74, 6) is 0.733. The molecule has 2 aromatic rings. The zero-order valence-electron chi connectivity index (χ0n) is 12.0. The van der Waals surface area contributed by atoms with Crippen molar-refractivity contribution in [1.29, 1.82) is 5.26 Å². The molecule has 0 unspecified atom stereocenters. The number of aromatic nitrogens is 2. The maximum absolute atomic E-state index is 9.53. The minimum atomic E-state index is -0.389. The molecule has 1 aliphatic rings. The molecule has 6 nitrogen and oxygen atoms in total. The van der Waals surface area contributed by atoms with Crippen molar-refractivity contribution in [3.63, 3.8) is 0 Å². The third-order valence-corrected chi connectivity index (χ3v) is 4.13. The largest absolute Gasteiger partial charge is 0.496 e. The van der Waals surface area contributed by atoms with Gasteiger partial charge in [0.2, 0.25) is 11.8 Å². The van der Waals surface area contributed by atoms with E-state index in [0.717, 1.165) is 21.3 Å². The molecule has 0 saturated heterocycles. The van der Waals surface area contributed by atoms with E-state index in [4.69, 9.17) is 15.2 Å². The first-order chi connectivity index (χ1) is 10.6. The standard InChI is InChI=1S/C15H13BrN4O2/c1-7-12-13(9-5-8(16)3-4-11(9)21-2)10(6-17)14(18)22-15(12)20-19-7/h3-5,13H,18H2,1-2H3,(H,19,20)/t13-/m1/s1. The average Bonchev–Trinajstić information content (AvgIpc) is 2.86. The number of hydrogen-bond acceptors (Lipinski definition) is 5. The fraction of sp³-hybridized carbons (Fsp3) is 0.200. The molecular weight excluding hydrogens is 348 g/mol. The second-order valence-corrected chi connectivity index (χ2v) is 5.79. The Hall–Kier alpha value is -2.46. The number of benzene rings is 1. The summed E-state index contributed by atoms with van der Waals surface area (Å²) in [7, 11) is 1.59. The fourth-order valence-electron chi connectivity index (χ4n) is 2.64. The van der Waals surface area contributed by atoms with Crippen molar-refractivity contribution in [3.05, 3.63) is 50.9 Å². The summed E-state index contributed by atoms with van der Waals surface area (Å²) < 4.78 is 11.8. The Morgan fingerprint density at radius 1 is 1.50 bits per heavy atom. The Morgan fingerprint density at radius 3 is 2.95 bits per heavy atom. The van der Waals surface area contributed by atoms with Crippen LogP contribution in [0.5, 0.6) is 11.6 Å². The molecule has 0 bridgehead atoms. The van der Waals surface area contributed by atoms with E-state index in [9.17, 15) is 5.26 Å². The van der Waals surface area contributed by atoms with Gasteiger partial charge in [-0.25, -0.2) is 0 Å². The van der Waals surface area contributed by atoms with E-state index < -0.39 is 0 Å². The van der Waals surface area contributed by atoms with Gasteiger partial charge in [0.25, 0.3) is 0 Å². The number of ether oxygens (including phenoxy) is 2. The summed E-state index contributed by atoms with van der Waals surface area (Å²) in [6.45, 7) is 1.88. The Labute approximate surface area is 135 Å². The van der Waals surface area contributed by atoms with Gasteiger partial charge >= 0.3 is 0 Å². The topological polar surface area (TPSA) is 96.9 Å². The smallest absolute Gasteiger partial charge is 0.244 e. The van der Waals surface area contributed by atoms with Crippen LogP contribution < -0.4 is 15.2 Å². The van der Waals surface area contributed by atoms with E-state index >= 15 is 0 Å². The molecular formula is C15H13BrN4O2. The Kier molecular flexibility index (Phi) is 3.54. The molecule has 0 saturated carbocycles. The highest BCUT2D eigenvalue weighted by Crippen LogP contribution is 2.45. The number of hydrogen-bond donors (Lipinski definition) is 2. The minimum absolute atomic E-state index is 0.0635. The molecule has 1 atom stereocenters. The monoisotopic (exact) mass is 360 g/mol. The maximum Gasteiger partial charge on any atom is 0.244 e. The molecule has 1 aliphatic heterocycles. The van der Waals surface area contributed by atoms with Crippen molar-refractivity contribution in [3.8, 4) is 17.7 Å². The first-order valence-corrected chi connectivity index (χ1v) is 7.32. The van der Waals surface area contributed by atoms with Crippen LogP contribution in [0.1, 0.15) is 22.7 Å². The van der Waals surface area contributed by atoms with E-state index in [1.807, 2.05) is 25.1 Å². The molecule has 1 aromatic carbocycles. The van der Waals surface area contributed by atoms with Crippen LogP contribution in [0.2, 0.25) is 0 Å². The number of nitrogens with two attached hydrogens (primary N) is 1. The van der Waals surface area contributed by atoms with E-state index in [1.165, 1.54) is 0 Å². The highest BCUT2D eigenvalue weighted by Gasteiger charge is 2.35. The predicted molar refractivity (Wildman–Crippen MR) is 83.3 cm³/mol. The SMILES string of the molecule is COc1ccc(Br)cc1[C@@H]1C(C#N)=C(N)Oc2n[nH]c(C)c21. The molecule has 3 N–H and O–H groups in total. The van der Waals surface area contributed by atoms with Gasteiger partial charge in [0.1, 0.15) is 17.4 Å².